The first-order valence-electron chi connectivity index (χ1n) is 9.39. The standard InChI is InChI=1S/C20H26F2N2O3/c1-20(21,22)16-5-3-4-14(10-16)13-6-8-24(9-7-13)18(25)15-11-17(12-15)23-19(26)27-2/h3-5,10,13,15,17H,6-9,11-12H2,1-2H3,(H,23,26). The first-order valence-corrected chi connectivity index (χ1v) is 9.39. The van der Waals surface area contributed by atoms with Crippen molar-refractivity contribution in [2.45, 2.75) is 50.5 Å². The number of halogens is 2. The molecule has 0 unspecified atom stereocenters. The van der Waals surface area contributed by atoms with Crippen molar-refractivity contribution < 1.29 is 23.1 Å². The van der Waals surface area contributed by atoms with Gasteiger partial charge in [-0.3, -0.25) is 4.79 Å². The summed E-state index contributed by atoms with van der Waals surface area (Å²) in [5, 5.41) is 2.71. The van der Waals surface area contributed by atoms with Gasteiger partial charge in [0.1, 0.15) is 0 Å². The summed E-state index contributed by atoms with van der Waals surface area (Å²) < 4.78 is 31.7. The van der Waals surface area contributed by atoms with Gasteiger partial charge in [0.2, 0.25) is 5.91 Å². The van der Waals surface area contributed by atoms with Crippen LogP contribution < -0.4 is 5.32 Å². The summed E-state index contributed by atoms with van der Waals surface area (Å²) >= 11 is 0. The van der Waals surface area contributed by atoms with Gasteiger partial charge >= 0.3 is 6.09 Å². The number of piperidine rings is 1. The lowest BCUT2D eigenvalue weighted by Gasteiger charge is -2.40. The molecule has 3 rings (SSSR count). The van der Waals surface area contributed by atoms with Crippen LogP contribution in [0, 0.1) is 5.92 Å². The molecule has 0 spiro atoms. The molecule has 0 atom stereocenters. The molecule has 1 aromatic carbocycles. The molecule has 1 saturated carbocycles. The number of ether oxygens (including phenoxy) is 1. The minimum atomic E-state index is -2.84. The van der Waals surface area contributed by atoms with Crippen molar-refractivity contribution >= 4 is 12.0 Å². The second-order valence-electron chi connectivity index (χ2n) is 7.61. The number of methoxy groups -OCH3 is 1. The van der Waals surface area contributed by atoms with Crippen LogP contribution in [0.4, 0.5) is 13.6 Å². The van der Waals surface area contributed by atoms with Gasteiger partial charge in [-0.2, -0.15) is 0 Å². The number of alkyl halides is 2. The summed E-state index contributed by atoms with van der Waals surface area (Å²) in [4.78, 5) is 25.6. The highest BCUT2D eigenvalue weighted by Gasteiger charge is 2.38. The quantitative estimate of drug-likeness (QED) is 0.868. The Morgan fingerprint density at radius 2 is 1.89 bits per heavy atom. The minimum absolute atomic E-state index is 0.00221. The van der Waals surface area contributed by atoms with Crippen molar-refractivity contribution in [3.63, 3.8) is 0 Å². The predicted molar refractivity (Wildman–Crippen MR) is 96.6 cm³/mol. The Labute approximate surface area is 158 Å². The number of hydrogen-bond acceptors (Lipinski definition) is 3. The first-order chi connectivity index (χ1) is 12.8. The summed E-state index contributed by atoms with van der Waals surface area (Å²) in [5.74, 6) is -2.56. The lowest BCUT2D eigenvalue weighted by molar-refractivity contribution is -0.140. The molecule has 0 radical (unpaired) electrons. The van der Waals surface area contributed by atoms with E-state index in [1.807, 2.05) is 11.0 Å². The fourth-order valence-corrected chi connectivity index (χ4v) is 3.92. The van der Waals surface area contributed by atoms with E-state index in [1.54, 1.807) is 12.1 Å². The van der Waals surface area contributed by atoms with Crippen LogP contribution in [0.1, 0.15) is 49.7 Å². The van der Waals surface area contributed by atoms with Crippen molar-refractivity contribution in [3.8, 4) is 0 Å². The van der Waals surface area contributed by atoms with Gasteiger partial charge in [-0.15, -0.1) is 0 Å². The molecule has 2 amide bonds. The van der Waals surface area contributed by atoms with Crippen LogP contribution in [0.3, 0.4) is 0 Å². The zero-order valence-electron chi connectivity index (χ0n) is 15.7. The van der Waals surface area contributed by atoms with E-state index in [0.29, 0.717) is 25.9 Å². The van der Waals surface area contributed by atoms with E-state index < -0.39 is 12.0 Å². The monoisotopic (exact) mass is 380 g/mol. The van der Waals surface area contributed by atoms with Crippen LogP contribution in [-0.4, -0.2) is 43.1 Å². The Hall–Kier alpha value is -2.18. The van der Waals surface area contributed by atoms with Crippen LogP contribution in [0.15, 0.2) is 24.3 Å². The van der Waals surface area contributed by atoms with Crippen molar-refractivity contribution in [2.75, 3.05) is 20.2 Å². The Bertz CT molecular complexity index is 691. The topological polar surface area (TPSA) is 58.6 Å². The Morgan fingerprint density at radius 3 is 2.48 bits per heavy atom. The molecule has 7 heteroatoms. The SMILES string of the molecule is COC(=O)NC1CC(C(=O)N2CCC(c3cccc(C(C)(F)F)c3)CC2)C1. The molecule has 27 heavy (non-hydrogen) atoms. The van der Waals surface area contributed by atoms with E-state index in [0.717, 1.165) is 25.3 Å². The number of hydrogen-bond donors (Lipinski definition) is 1. The van der Waals surface area contributed by atoms with Crippen molar-refractivity contribution in [1.29, 1.82) is 0 Å². The third-order valence-corrected chi connectivity index (χ3v) is 5.67. The van der Waals surface area contributed by atoms with E-state index in [9.17, 15) is 18.4 Å². The molecule has 5 nitrogen and oxygen atoms in total. The van der Waals surface area contributed by atoms with E-state index in [1.165, 1.54) is 13.2 Å². The number of nitrogens with zero attached hydrogens (tertiary/aromatic N) is 1. The maximum Gasteiger partial charge on any atom is 0.407 e. The number of amides is 2. The zero-order valence-corrected chi connectivity index (χ0v) is 15.7. The number of benzene rings is 1. The largest absolute Gasteiger partial charge is 0.453 e. The van der Waals surface area contributed by atoms with Crippen LogP contribution in [-0.2, 0) is 15.5 Å². The highest BCUT2D eigenvalue weighted by Crippen LogP contribution is 2.35. The van der Waals surface area contributed by atoms with Gasteiger partial charge in [0.05, 0.1) is 7.11 Å². The molecule has 1 heterocycles. The number of alkyl carbamates (subject to hydrolysis) is 1. The molecule has 2 aliphatic rings. The third-order valence-electron chi connectivity index (χ3n) is 5.67. The van der Waals surface area contributed by atoms with Gasteiger partial charge < -0.3 is 15.0 Å². The highest BCUT2D eigenvalue weighted by atomic mass is 19.3. The fourth-order valence-electron chi connectivity index (χ4n) is 3.92. The molecule has 1 aromatic rings. The number of likely N-dealkylation sites (tertiary alicyclic amines) is 1. The molecule has 1 aliphatic heterocycles. The van der Waals surface area contributed by atoms with Crippen LogP contribution in [0.25, 0.3) is 0 Å². The number of carbonyl (C=O) groups excluding carboxylic acids is 2. The number of rotatable bonds is 4. The van der Waals surface area contributed by atoms with E-state index in [2.05, 4.69) is 10.1 Å². The van der Waals surface area contributed by atoms with Crippen LogP contribution in [0.5, 0.6) is 0 Å². The summed E-state index contributed by atoms with van der Waals surface area (Å²) in [6, 6.07) is 6.63. The molecular formula is C20H26F2N2O3. The summed E-state index contributed by atoms with van der Waals surface area (Å²) in [5.41, 5.74) is 0.962. The van der Waals surface area contributed by atoms with Gasteiger partial charge in [-0.25, -0.2) is 13.6 Å². The summed E-state index contributed by atoms with van der Waals surface area (Å²) in [6.45, 7) is 2.19. The van der Waals surface area contributed by atoms with Crippen molar-refractivity contribution in [2.24, 2.45) is 5.92 Å². The second kappa shape index (κ2) is 7.82. The Kier molecular flexibility index (Phi) is 5.67. The number of carbonyl (C=O) groups is 2. The molecule has 148 valence electrons. The normalized spacial score (nSPS) is 23.5. The minimum Gasteiger partial charge on any atom is -0.453 e. The third kappa shape index (κ3) is 4.57. The molecule has 1 N–H and O–H groups in total. The maximum atomic E-state index is 13.6. The molecular weight excluding hydrogens is 354 g/mol. The van der Waals surface area contributed by atoms with Gasteiger partial charge in [0.15, 0.2) is 0 Å². The maximum absolute atomic E-state index is 13.6. The fraction of sp³-hybridized carbons (Fsp3) is 0.600. The lowest BCUT2D eigenvalue weighted by Crippen LogP contribution is -2.51. The van der Waals surface area contributed by atoms with Gasteiger partial charge in [-0.1, -0.05) is 18.2 Å². The Balaban J connectivity index is 1.50. The van der Waals surface area contributed by atoms with Gasteiger partial charge in [-0.05, 0) is 43.2 Å². The van der Waals surface area contributed by atoms with Crippen molar-refractivity contribution in [3.05, 3.63) is 35.4 Å². The lowest BCUT2D eigenvalue weighted by atomic mass is 9.78. The van der Waals surface area contributed by atoms with Gasteiger partial charge in [0, 0.05) is 37.5 Å². The van der Waals surface area contributed by atoms with Gasteiger partial charge in [0.25, 0.3) is 5.92 Å². The summed E-state index contributed by atoms with van der Waals surface area (Å²) in [7, 11) is 1.32. The zero-order chi connectivity index (χ0) is 19.6. The summed E-state index contributed by atoms with van der Waals surface area (Å²) in [6.07, 6.45) is 2.37. The average molecular weight is 380 g/mol. The molecule has 2 fully saturated rings. The highest BCUT2D eigenvalue weighted by molar-refractivity contribution is 5.80. The molecule has 1 saturated heterocycles. The van der Waals surface area contributed by atoms with E-state index >= 15 is 0 Å². The number of nitrogens with one attached hydrogen (secondary N) is 1. The average Bonchev–Trinajstić information content (AvgIpc) is 2.63. The second-order valence-corrected chi connectivity index (χ2v) is 7.61. The molecule has 1 aliphatic carbocycles. The first kappa shape index (κ1) is 19.6. The van der Waals surface area contributed by atoms with Crippen molar-refractivity contribution in [1.82, 2.24) is 10.2 Å². The van der Waals surface area contributed by atoms with Crippen LogP contribution in [0.2, 0.25) is 0 Å². The Morgan fingerprint density at radius 1 is 1.22 bits per heavy atom. The molecule has 0 bridgehead atoms. The van der Waals surface area contributed by atoms with E-state index in [-0.39, 0.29) is 29.3 Å². The van der Waals surface area contributed by atoms with Crippen LogP contribution >= 0.6 is 0 Å². The smallest absolute Gasteiger partial charge is 0.407 e. The predicted octanol–water partition coefficient (Wildman–Crippen LogP) is 3.64. The van der Waals surface area contributed by atoms with E-state index in [4.69, 9.17) is 0 Å². The molecule has 0 aromatic heterocycles.